The van der Waals surface area contributed by atoms with Gasteiger partial charge >= 0.3 is 6.09 Å². The fourth-order valence-electron chi connectivity index (χ4n) is 4.39. The van der Waals surface area contributed by atoms with E-state index in [4.69, 9.17) is 4.74 Å². The number of anilines is 2. The first kappa shape index (κ1) is 16.0. The number of fused-ring (bicyclic) bond motifs is 3. The van der Waals surface area contributed by atoms with Gasteiger partial charge in [0.2, 0.25) is 0 Å². The predicted molar refractivity (Wildman–Crippen MR) is 99.3 cm³/mol. The van der Waals surface area contributed by atoms with Crippen LogP contribution in [0.5, 0.6) is 5.75 Å². The molecule has 2 aliphatic rings. The number of likely N-dealkylation sites (tertiary alicyclic amines) is 1. The summed E-state index contributed by atoms with van der Waals surface area (Å²) in [5.74, 6) is 0.581. The smallest absolute Gasteiger partial charge is 0.410 e. The molecule has 1 saturated heterocycles. The van der Waals surface area contributed by atoms with Crippen LogP contribution < -0.4 is 15.0 Å². The summed E-state index contributed by atoms with van der Waals surface area (Å²) in [6, 6.07) is 15.3. The van der Waals surface area contributed by atoms with E-state index in [1.807, 2.05) is 42.5 Å². The molecule has 1 N–H and O–H groups in total. The summed E-state index contributed by atoms with van der Waals surface area (Å²) in [7, 11) is 4.31. The Kier molecular flexibility index (Phi) is 3.69. The summed E-state index contributed by atoms with van der Waals surface area (Å²) in [4.78, 5) is 16.9. The number of para-hydroxylation sites is 1. The van der Waals surface area contributed by atoms with E-state index < -0.39 is 6.09 Å². The van der Waals surface area contributed by atoms with Gasteiger partial charge in [0.25, 0.3) is 0 Å². The van der Waals surface area contributed by atoms with E-state index in [1.54, 1.807) is 0 Å². The van der Waals surface area contributed by atoms with E-state index in [0.717, 1.165) is 18.7 Å². The van der Waals surface area contributed by atoms with Crippen molar-refractivity contribution >= 4 is 17.5 Å². The van der Waals surface area contributed by atoms with E-state index in [-0.39, 0.29) is 5.41 Å². The van der Waals surface area contributed by atoms with E-state index in [2.05, 4.69) is 42.2 Å². The Morgan fingerprint density at radius 3 is 2.72 bits per heavy atom. The molecule has 0 aromatic heterocycles. The highest BCUT2D eigenvalue weighted by atomic mass is 16.6. The minimum absolute atomic E-state index is 0.0636. The standard InChI is InChI=1S/C20H23N3O2/c1-20-11-12-22(2)18(20)23(3)17-10-9-15(13-16(17)20)25-19(24)21-14-7-5-4-6-8-14/h4-10,13,18H,11-12H2,1-3H3,(H,21,24)/t18-,20-/m1/s1. The van der Waals surface area contributed by atoms with Gasteiger partial charge in [0, 0.05) is 30.4 Å². The molecule has 0 aliphatic carbocycles. The fourth-order valence-corrected chi connectivity index (χ4v) is 4.39. The van der Waals surface area contributed by atoms with Crippen molar-refractivity contribution in [2.24, 2.45) is 0 Å². The molecule has 2 aromatic carbocycles. The third-order valence-electron chi connectivity index (χ3n) is 5.53. The van der Waals surface area contributed by atoms with Crippen molar-refractivity contribution in [1.82, 2.24) is 4.90 Å². The molecule has 2 aromatic rings. The Hall–Kier alpha value is -2.53. The van der Waals surface area contributed by atoms with Crippen LogP contribution in [0.2, 0.25) is 0 Å². The van der Waals surface area contributed by atoms with Crippen molar-refractivity contribution in [2.45, 2.75) is 24.9 Å². The van der Waals surface area contributed by atoms with Gasteiger partial charge < -0.3 is 9.64 Å². The summed E-state index contributed by atoms with van der Waals surface area (Å²) in [5, 5.41) is 2.75. The topological polar surface area (TPSA) is 44.8 Å². The maximum Gasteiger partial charge on any atom is 0.417 e. The maximum absolute atomic E-state index is 12.2. The second-order valence-electron chi connectivity index (χ2n) is 7.19. The average molecular weight is 337 g/mol. The number of hydrogen-bond donors (Lipinski definition) is 1. The van der Waals surface area contributed by atoms with Crippen LogP contribution in [-0.4, -0.2) is 37.8 Å². The number of rotatable bonds is 2. The zero-order valence-corrected chi connectivity index (χ0v) is 14.8. The van der Waals surface area contributed by atoms with Crippen molar-refractivity contribution in [3.05, 3.63) is 54.1 Å². The largest absolute Gasteiger partial charge is 0.417 e. The van der Waals surface area contributed by atoms with Crippen LogP contribution in [0, 0.1) is 0 Å². The van der Waals surface area contributed by atoms with E-state index >= 15 is 0 Å². The lowest BCUT2D eigenvalue weighted by Gasteiger charge is -2.32. The van der Waals surface area contributed by atoms with Crippen molar-refractivity contribution in [3.63, 3.8) is 0 Å². The summed E-state index contributed by atoms with van der Waals surface area (Å²) < 4.78 is 5.52. The second-order valence-corrected chi connectivity index (χ2v) is 7.19. The van der Waals surface area contributed by atoms with Gasteiger partial charge in [0.1, 0.15) is 5.75 Å². The second kappa shape index (κ2) is 5.77. The van der Waals surface area contributed by atoms with Gasteiger partial charge in [0.05, 0.1) is 6.17 Å². The molecule has 2 aliphatic heterocycles. The van der Waals surface area contributed by atoms with Crippen molar-refractivity contribution in [2.75, 3.05) is 30.9 Å². The maximum atomic E-state index is 12.2. The van der Waals surface area contributed by atoms with Crippen LogP contribution in [0.15, 0.2) is 48.5 Å². The SMILES string of the molecule is CN1CC[C@]2(C)c3cc(OC(=O)Nc4ccccc4)ccc3N(C)[C@@H]12. The minimum Gasteiger partial charge on any atom is -0.410 e. The Morgan fingerprint density at radius 2 is 1.96 bits per heavy atom. The molecule has 130 valence electrons. The van der Waals surface area contributed by atoms with Crippen LogP contribution in [0.1, 0.15) is 18.9 Å². The molecule has 0 saturated carbocycles. The van der Waals surface area contributed by atoms with E-state index in [1.165, 1.54) is 11.3 Å². The van der Waals surface area contributed by atoms with Gasteiger partial charge in [0.15, 0.2) is 0 Å². The number of nitrogens with one attached hydrogen (secondary N) is 1. The number of carbonyl (C=O) groups excluding carboxylic acids is 1. The van der Waals surface area contributed by atoms with Crippen LogP contribution in [-0.2, 0) is 5.41 Å². The van der Waals surface area contributed by atoms with Gasteiger partial charge in [-0.15, -0.1) is 0 Å². The number of hydrogen-bond acceptors (Lipinski definition) is 4. The van der Waals surface area contributed by atoms with Crippen LogP contribution >= 0.6 is 0 Å². The van der Waals surface area contributed by atoms with Gasteiger partial charge in [-0.1, -0.05) is 25.1 Å². The van der Waals surface area contributed by atoms with Crippen LogP contribution in [0.4, 0.5) is 16.2 Å². The molecule has 0 bridgehead atoms. The summed E-state index contributed by atoms with van der Waals surface area (Å²) in [5.41, 5.74) is 3.26. The molecule has 0 radical (unpaired) electrons. The molecule has 25 heavy (non-hydrogen) atoms. The minimum atomic E-state index is -0.470. The molecule has 1 amide bonds. The fraction of sp³-hybridized carbons (Fsp3) is 0.350. The number of likely N-dealkylation sites (N-methyl/N-ethyl adjacent to an activating group) is 2. The van der Waals surface area contributed by atoms with Gasteiger partial charge in [-0.05, 0) is 49.4 Å². The van der Waals surface area contributed by atoms with E-state index in [9.17, 15) is 4.79 Å². The monoisotopic (exact) mass is 337 g/mol. The first-order valence-electron chi connectivity index (χ1n) is 8.60. The first-order chi connectivity index (χ1) is 12.0. The number of ether oxygens (including phenoxy) is 1. The average Bonchev–Trinajstić information content (AvgIpc) is 3.01. The quantitative estimate of drug-likeness (QED) is 0.908. The normalized spacial score (nSPS) is 24.8. The number of carbonyl (C=O) groups is 1. The lowest BCUT2D eigenvalue weighted by molar-refractivity contribution is 0.215. The lowest BCUT2D eigenvalue weighted by atomic mass is 9.81. The summed E-state index contributed by atoms with van der Waals surface area (Å²) in [6.45, 7) is 3.38. The van der Waals surface area contributed by atoms with Crippen molar-refractivity contribution in [3.8, 4) is 5.75 Å². The highest BCUT2D eigenvalue weighted by Gasteiger charge is 2.52. The molecular weight excluding hydrogens is 314 g/mol. The Bertz CT molecular complexity index is 808. The van der Waals surface area contributed by atoms with Gasteiger partial charge in [-0.2, -0.15) is 0 Å². The zero-order valence-electron chi connectivity index (χ0n) is 14.8. The molecule has 5 heteroatoms. The van der Waals surface area contributed by atoms with Gasteiger partial charge in [-0.25, -0.2) is 4.79 Å². The molecule has 2 atom stereocenters. The van der Waals surface area contributed by atoms with Crippen molar-refractivity contribution < 1.29 is 9.53 Å². The van der Waals surface area contributed by atoms with Crippen LogP contribution in [0.25, 0.3) is 0 Å². The van der Waals surface area contributed by atoms with Gasteiger partial charge in [-0.3, -0.25) is 10.2 Å². The molecule has 2 heterocycles. The Balaban J connectivity index is 1.56. The summed E-state index contributed by atoms with van der Waals surface area (Å²) >= 11 is 0. The van der Waals surface area contributed by atoms with E-state index in [0.29, 0.717) is 11.9 Å². The highest BCUT2D eigenvalue weighted by Crippen LogP contribution is 2.51. The van der Waals surface area contributed by atoms with Crippen LogP contribution in [0.3, 0.4) is 0 Å². The molecule has 4 rings (SSSR count). The predicted octanol–water partition coefficient (Wildman–Crippen LogP) is 3.67. The molecular formula is C20H23N3O2. The third-order valence-corrected chi connectivity index (χ3v) is 5.53. The highest BCUT2D eigenvalue weighted by molar-refractivity contribution is 5.86. The Morgan fingerprint density at radius 1 is 1.20 bits per heavy atom. The molecule has 1 fully saturated rings. The molecule has 0 unspecified atom stereocenters. The number of benzene rings is 2. The van der Waals surface area contributed by atoms with Crippen molar-refractivity contribution in [1.29, 1.82) is 0 Å². The lowest BCUT2D eigenvalue weighted by Crippen LogP contribution is -2.45. The number of amides is 1. The molecule has 0 spiro atoms. The summed E-state index contributed by atoms with van der Waals surface area (Å²) in [6.07, 6.45) is 0.990. The molecule has 5 nitrogen and oxygen atoms in total. The Labute approximate surface area is 148 Å². The zero-order chi connectivity index (χ0) is 17.6. The first-order valence-corrected chi connectivity index (χ1v) is 8.60. The third kappa shape index (κ3) is 2.55. The number of nitrogens with zero attached hydrogens (tertiary/aromatic N) is 2.